The first-order valence-electron chi connectivity index (χ1n) is 22.2. The second-order valence-electron chi connectivity index (χ2n) is 15.4. The number of carbonyl (C=O) groups is 1. The van der Waals surface area contributed by atoms with Crippen LogP contribution in [0, 0.1) is 0 Å². The normalized spacial score (nSPS) is 14.4. The molecule has 0 heterocycles. The Morgan fingerprint density at radius 3 is 1.24 bits per heavy atom. The van der Waals surface area contributed by atoms with Gasteiger partial charge < -0.3 is 25.7 Å². The third-order valence-corrected chi connectivity index (χ3v) is 10.4. The molecule has 0 spiro atoms. The maximum atomic E-state index is 12.4. The van der Waals surface area contributed by atoms with Crippen LogP contribution >= 0.6 is 0 Å². The summed E-state index contributed by atoms with van der Waals surface area (Å²) in [6.45, 7) is 3.95. The van der Waals surface area contributed by atoms with Crippen molar-refractivity contribution in [1.82, 2.24) is 5.32 Å². The molecule has 0 aromatic heterocycles. The molecule has 1 amide bonds. The van der Waals surface area contributed by atoms with Crippen LogP contribution in [0.1, 0.15) is 226 Å². The van der Waals surface area contributed by atoms with Crippen LogP contribution < -0.4 is 5.32 Å². The summed E-state index contributed by atoms with van der Waals surface area (Å²) in [6, 6.07) is -0.980. The highest BCUT2D eigenvalue weighted by atomic mass is 16.3. The van der Waals surface area contributed by atoms with E-state index in [2.05, 4.69) is 43.5 Å². The molecule has 0 aliphatic rings. The highest BCUT2D eigenvalue weighted by molar-refractivity contribution is 5.80. The lowest BCUT2D eigenvalue weighted by Gasteiger charge is -2.27. The molecule has 0 aromatic carbocycles. The van der Waals surface area contributed by atoms with Gasteiger partial charge in [0.1, 0.15) is 12.2 Å². The van der Waals surface area contributed by atoms with Crippen LogP contribution in [0.3, 0.4) is 0 Å². The maximum Gasteiger partial charge on any atom is 0.249 e. The summed E-state index contributed by atoms with van der Waals surface area (Å²) < 4.78 is 0. The van der Waals surface area contributed by atoms with E-state index in [1.165, 1.54) is 141 Å². The average molecular weight is 722 g/mol. The topological polar surface area (TPSA) is 110 Å². The number of amides is 1. The molecule has 0 rings (SSSR count). The van der Waals surface area contributed by atoms with Gasteiger partial charge in [-0.3, -0.25) is 4.79 Å². The SMILES string of the molecule is CCCCCCCCCCC/C=C\C/C=C\CCCCCCCCCCCCCCCCC(O)C(=O)NC(CO)C(O)C(O)CCCCCCC. The molecule has 4 unspecified atom stereocenters. The minimum absolute atomic E-state index is 0.369. The molecule has 5 N–H and O–H groups in total. The lowest BCUT2D eigenvalue weighted by molar-refractivity contribution is -0.132. The Labute approximate surface area is 316 Å². The standard InChI is InChI=1S/C45H87NO5/c1-3-5-7-9-10-11-12-13-14-15-16-17-18-19-20-21-22-23-24-25-26-27-28-29-30-31-32-33-35-37-39-43(49)45(51)46-41(40-47)44(50)42(48)38-36-34-8-6-4-2/h16-17,19-20,41-44,47-50H,3-15,18,21-40H2,1-2H3,(H,46,51)/b17-16-,20-19-. The number of nitrogens with one attached hydrogen (secondary N) is 1. The predicted octanol–water partition coefficient (Wildman–Crippen LogP) is 11.6. The Balaban J connectivity index is 3.53. The van der Waals surface area contributed by atoms with E-state index in [1.807, 2.05) is 0 Å². The van der Waals surface area contributed by atoms with E-state index >= 15 is 0 Å². The van der Waals surface area contributed by atoms with E-state index in [-0.39, 0.29) is 0 Å². The van der Waals surface area contributed by atoms with Crippen molar-refractivity contribution in [2.24, 2.45) is 0 Å². The second kappa shape index (κ2) is 40.0. The van der Waals surface area contributed by atoms with Crippen molar-refractivity contribution in [2.75, 3.05) is 6.61 Å². The van der Waals surface area contributed by atoms with E-state index in [1.54, 1.807) is 0 Å². The molecule has 0 aliphatic heterocycles. The van der Waals surface area contributed by atoms with Crippen molar-refractivity contribution < 1.29 is 25.2 Å². The van der Waals surface area contributed by atoms with Crippen LogP contribution in [0.5, 0.6) is 0 Å². The second-order valence-corrected chi connectivity index (χ2v) is 15.4. The average Bonchev–Trinajstić information content (AvgIpc) is 3.13. The van der Waals surface area contributed by atoms with Crippen molar-refractivity contribution in [2.45, 2.75) is 250 Å². The van der Waals surface area contributed by atoms with Gasteiger partial charge in [0.2, 0.25) is 5.91 Å². The smallest absolute Gasteiger partial charge is 0.249 e. The molecule has 0 aromatic rings. The van der Waals surface area contributed by atoms with Gasteiger partial charge in [0.05, 0.1) is 18.8 Å². The van der Waals surface area contributed by atoms with Crippen LogP contribution in [-0.2, 0) is 4.79 Å². The highest BCUT2D eigenvalue weighted by Gasteiger charge is 2.28. The zero-order valence-corrected chi connectivity index (χ0v) is 33.9. The quantitative estimate of drug-likeness (QED) is 0.0320. The summed E-state index contributed by atoms with van der Waals surface area (Å²) in [4.78, 5) is 12.4. The van der Waals surface area contributed by atoms with Gasteiger partial charge in [-0.2, -0.15) is 0 Å². The monoisotopic (exact) mass is 722 g/mol. The Hall–Kier alpha value is -1.21. The van der Waals surface area contributed by atoms with Gasteiger partial charge in [-0.15, -0.1) is 0 Å². The Morgan fingerprint density at radius 2 is 0.843 bits per heavy atom. The Bertz CT molecular complexity index is 772. The molecular weight excluding hydrogens is 634 g/mol. The lowest BCUT2D eigenvalue weighted by Crippen LogP contribution is -2.53. The van der Waals surface area contributed by atoms with E-state index in [0.29, 0.717) is 12.8 Å². The van der Waals surface area contributed by atoms with E-state index < -0.39 is 36.9 Å². The van der Waals surface area contributed by atoms with Crippen molar-refractivity contribution in [1.29, 1.82) is 0 Å². The van der Waals surface area contributed by atoms with Crippen molar-refractivity contribution in [3.8, 4) is 0 Å². The first-order valence-corrected chi connectivity index (χ1v) is 22.2. The van der Waals surface area contributed by atoms with E-state index in [9.17, 15) is 25.2 Å². The zero-order valence-electron chi connectivity index (χ0n) is 33.9. The summed E-state index contributed by atoms with van der Waals surface area (Å²) in [5, 5.41) is 43.1. The number of rotatable bonds is 40. The first-order chi connectivity index (χ1) is 25.0. The largest absolute Gasteiger partial charge is 0.394 e. The Kier molecular flexibility index (Phi) is 39.0. The minimum Gasteiger partial charge on any atom is -0.394 e. The molecule has 0 fully saturated rings. The summed E-state index contributed by atoms with van der Waals surface area (Å²) in [7, 11) is 0. The molecule has 6 heteroatoms. The minimum atomic E-state index is -1.25. The van der Waals surface area contributed by atoms with Gasteiger partial charge in [-0.25, -0.2) is 0 Å². The fraction of sp³-hybridized carbons (Fsp3) is 0.889. The molecular formula is C45H87NO5. The molecule has 51 heavy (non-hydrogen) atoms. The summed E-state index contributed by atoms with van der Waals surface area (Å²) in [6.07, 6.45) is 45.6. The molecule has 0 aliphatic carbocycles. The van der Waals surface area contributed by atoms with Gasteiger partial charge in [0, 0.05) is 0 Å². The van der Waals surface area contributed by atoms with Gasteiger partial charge >= 0.3 is 0 Å². The summed E-state index contributed by atoms with van der Waals surface area (Å²) in [5.74, 6) is -0.589. The van der Waals surface area contributed by atoms with Crippen LogP contribution in [0.2, 0.25) is 0 Å². The number of allylic oxidation sites excluding steroid dienone is 4. The molecule has 0 radical (unpaired) electrons. The number of unbranched alkanes of at least 4 members (excludes halogenated alkanes) is 27. The first kappa shape index (κ1) is 49.8. The third-order valence-electron chi connectivity index (χ3n) is 10.4. The van der Waals surface area contributed by atoms with Gasteiger partial charge in [-0.1, -0.05) is 205 Å². The van der Waals surface area contributed by atoms with Crippen molar-refractivity contribution in [3.05, 3.63) is 24.3 Å². The number of carbonyl (C=O) groups excluding carboxylic acids is 1. The molecule has 4 atom stereocenters. The maximum absolute atomic E-state index is 12.4. The van der Waals surface area contributed by atoms with Crippen molar-refractivity contribution in [3.63, 3.8) is 0 Å². The van der Waals surface area contributed by atoms with Crippen LogP contribution in [-0.4, -0.2) is 57.3 Å². The van der Waals surface area contributed by atoms with Gasteiger partial charge in [-0.05, 0) is 44.9 Å². The van der Waals surface area contributed by atoms with Crippen LogP contribution in [0.25, 0.3) is 0 Å². The molecule has 302 valence electrons. The summed E-state index contributed by atoms with van der Waals surface area (Å²) >= 11 is 0. The van der Waals surface area contributed by atoms with Gasteiger partial charge in [0.15, 0.2) is 0 Å². The van der Waals surface area contributed by atoms with Crippen LogP contribution in [0.4, 0.5) is 0 Å². The molecule has 6 nitrogen and oxygen atoms in total. The third kappa shape index (κ3) is 34.3. The van der Waals surface area contributed by atoms with Crippen molar-refractivity contribution >= 4 is 5.91 Å². The van der Waals surface area contributed by atoms with E-state index in [4.69, 9.17) is 0 Å². The molecule has 0 bridgehead atoms. The van der Waals surface area contributed by atoms with Crippen LogP contribution in [0.15, 0.2) is 24.3 Å². The number of hydrogen-bond donors (Lipinski definition) is 5. The predicted molar refractivity (Wildman–Crippen MR) is 219 cm³/mol. The lowest BCUT2D eigenvalue weighted by atomic mass is 9.99. The number of aliphatic hydroxyl groups is 4. The Morgan fingerprint density at radius 1 is 0.490 bits per heavy atom. The molecule has 0 saturated carbocycles. The fourth-order valence-electron chi connectivity index (χ4n) is 6.85. The fourth-order valence-corrected chi connectivity index (χ4v) is 6.85. The van der Waals surface area contributed by atoms with E-state index in [0.717, 1.165) is 57.8 Å². The highest BCUT2D eigenvalue weighted by Crippen LogP contribution is 2.16. The molecule has 0 saturated heterocycles. The zero-order chi connectivity index (χ0) is 37.5. The van der Waals surface area contributed by atoms with Gasteiger partial charge in [0.25, 0.3) is 0 Å². The number of aliphatic hydroxyl groups excluding tert-OH is 4. The number of hydrogen-bond acceptors (Lipinski definition) is 5. The summed E-state index contributed by atoms with van der Waals surface area (Å²) in [5.41, 5.74) is 0.